The van der Waals surface area contributed by atoms with E-state index in [9.17, 15) is 5.11 Å². The number of rotatable bonds is 2. The van der Waals surface area contributed by atoms with Crippen molar-refractivity contribution in [2.45, 2.75) is 57.7 Å². The summed E-state index contributed by atoms with van der Waals surface area (Å²) < 4.78 is 0. The molecule has 0 spiro atoms. The minimum atomic E-state index is -0.0883. The third-order valence-electron chi connectivity index (χ3n) is 4.95. The van der Waals surface area contributed by atoms with E-state index in [1.807, 2.05) is 0 Å². The Morgan fingerprint density at radius 2 is 2.00 bits per heavy atom. The Balaban J connectivity index is 2.03. The molecule has 1 N–H and O–H groups in total. The van der Waals surface area contributed by atoms with Gasteiger partial charge in [0.15, 0.2) is 0 Å². The van der Waals surface area contributed by atoms with Crippen LogP contribution < -0.4 is 0 Å². The predicted octanol–water partition coefficient (Wildman–Crippen LogP) is 1.56. The summed E-state index contributed by atoms with van der Waals surface area (Å²) in [6.45, 7) is 7.11. The lowest BCUT2D eigenvalue weighted by Gasteiger charge is -2.47. The SMILES string of the molecule is CN1CCC(N(C)C2CC(O)CCC2(C)C)C1. The highest BCUT2D eigenvalue weighted by Gasteiger charge is 2.40. The zero-order valence-electron chi connectivity index (χ0n) is 11.8. The lowest BCUT2D eigenvalue weighted by molar-refractivity contribution is -0.0155. The Labute approximate surface area is 106 Å². The summed E-state index contributed by atoms with van der Waals surface area (Å²) in [7, 11) is 4.46. The van der Waals surface area contributed by atoms with Gasteiger partial charge in [0.25, 0.3) is 0 Å². The molecule has 0 bridgehead atoms. The summed E-state index contributed by atoms with van der Waals surface area (Å²) in [6.07, 6.45) is 4.25. The first-order valence-corrected chi connectivity index (χ1v) is 6.98. The molecule has 1 heterocycles. The quantitative estimate of drug-likeness (QED) is 0.793. The maximum atomic E-state index is 9.92. The van der Waals surface area contributed by atoms with Crippen molar-refractivity contribution in [1.29, 1.82) is 0 Å². The molecule has 0 amide bonds. The van der Waals surface area contributed by atoms with E-state index in [1.54, 1.807) is 0 Å². The summed E-state index contributed by atoms with van der Waals surface area (Å²) >= 11 is 0. The van der Waals surface area contributed by atoms with Gasteiger partial charge in [-0.1, -0.05) is 13.8 Å². The van der Waals surface area contributed by atoms with Crippen LogP contribution in [0.3, 0.4) is 0 Å². The van der Waals surface area contributed by atoms with Crippen LogP contribution in [0.5, 0.6) is 0 Å². The Morgan fingerprint density at radius 1 is 1.29 bits per heavy atom. The minimum Gasteiger partial charge on any atom is -0.393 e. The molecule has 1 saturated carbocycles. The topological polar surface area (TPSA) is 26.7 Å². The molecule has 100 valence electrons. The number of nitrogens with zero attached hydrogens (tertiary/aromatic N) is 2. The molecule has 2 rings (SSSR count). The Hall–Kier alpha value is -0.120. The first kappa shape index (κ1) is 13.3. The molecule has 1 aliphatic carbocycles. The van der Waals surface area contributed by atoms with Crippen LogP contribution in [0.1, 0.15) is 39.5 Å². The second kappa shape index (κ2) is 4.87. The zero-order valence-corrected chi connectivity index (χ0v) is 11.8. The molecule has 3 nitrogen and oxygen atoms in total. The van der Waals surface area contributed by atoms with Gasteiger partial charge < -0.3 is 10.0 Å². The van der Waals surface area contributed by atoms with Crippen LogP contribution in [0, 0.1) is 5.41 Å². The lowest BCUT2D eigenvalue weighted by Crippen LogP contribution is -2.52. The minimum absolute atomic E-state index is 0.0883. The smallest absolute Gasteiger partial charge is 0.0555 e. The van der Waals surface area contributed by atoms with Gasteiger partial charge in [0.1, 0.15) is 0 Å². The maximum Gasteiger partial charge on any atom is 0.0555 e. The predicted molar refractivity (Wildman–Crippen MR) is 71.1 cm³/mol. The van der Waals surface area contributed by atoms with Crippen LogP contribution >= 0.6 is 0 Å². The number of likely N-dealkylation sites (tertiary alicyclic amines) is 1. The highest BCUT2D eigenvalue weighted by atomic mass is 16.3. The van der Waals surface area contributed by atoms with Gasteiger partial charge in [-0.05, 0) is 51.7 Å². The summed E-state index contributed by atoms with van der Waals surface area (Å²) in [5.41, 5.74) is 0.342. The van der Waals surface area contributed by atoms with E-state index in [2.05, 4.69) is 37.7 Å². The van der Waals surface area contributed by atoms with E-state index in [-0.39, 0.29) is 6.10 Å². The number of aliphatic hydroxyl groups excluding tert-OH is 1. The Morgan fingerprint density at radius 3 is 2.59 bits per heavy atom. The molecule has 17 heavy (non-hydrogen) atoms. The molecular weight excluding hydrogens is 212 g/mol. The molecule has 3 atom stereocenters. The molecular formula is C14H28N2O. The van der Waals surface area contributed by atoms with E-state index in [1.165, 1.54) is 19.5 Å². The average Bonchev–Trinajstić information content (AvgIpc) is 2.68. The fraction of sp³-hybridized carbons (Fsp3) is 1.00. The monoisotopic (exact) mass is 240 g/mol. The molecule has 2 aliphatic rings. The normalized spacial score (nSPS) is 38.8. The summed E-state index contributed by atoms with van der Waals surface area (Å²) in [5, 5.41) is 9.92. The van der Waals surface area contributed by atoms with Gasteiger partial charge in [-0.2, -0.15) is 0 Å². The van der Waals surface area contributed by atoms with Crippen molar-refractivity contribution in [3.63, 3.8) is 0 Å². The summed E-state index contributed by atoms with van der Waals surface area (Å²) in [4.78, 5) is 4.96. The highest BCUT2D eigenvalue weighted by molar-refractivity contribution is 4.95. The van der Waals surface area contributed by atoms with Gasteiger partial charge in [0, 0.05) is 18.6 Å². The molecule has 2 fully saturated rings. The zero-order chi connectivity index (χ0) is 12.6. The van der Waals surface area contributed by atoms with Crippen molar-refractivity contribution < 1.29 is 5.11 Å². The number of likely N-dealkylation sites (N-methyl/N-ethyl adjacent to an activating group) is 2. The fourth-order valence-corrected chi connectivity index (χ4v) is 3.62. The standard InChI is InChI=1S/C14H28N2O/c1-14(2)7-5-12(17)9-13(14)16(4)11-6-8-15(3)10-11/h11-13,17H,5-10H2,1-4H3. The molecule has 0 aromatic heterocycles. The molecule has 0 radical (unpaired) electrons. The highest BCUT2D eigenvalue weighted by Crippen LogP contribution is 2.39. The van der Waals surface area contributed by atoms with Crippen molar-refractivity contribution in [3.8, 4) is 0 Å². The van der Waals surface area contributed by atoms with Crippen molar-refractivity contribution in [2.24, 2.45) is 5.41 Å². The van der Waals surface area contributed by atoms with Crippen molar-refractivity contribution >= 4 is 0 Å². The average molecular weight is 240 g/mol. The van der Waals surface area contributed by atoms with Gasteiger partial charge in [-0.3, -0.25) is 4.90 Å². The van der Waals surface area contributed by atoms with E-state index >= 15 is 0 Å². The number of hydrogen-bond acceptors (Lipinski definition) is 3. The lowest BCUT2D eigenvalue weighted by atomic mass is 9.71. The molecule has 0 aromatic carbocycles. The summed E-state index contributed by atoms with van der Waals surface area (Å²) in [6, 6.07) is 1.21. The molecule has 3 heteroatoms. The molecule has 3 unspecified atom stereocenters. The van der Waals surface area contributed by atoms with Gasteiger partial charge in [-0.15, -0.1) is 0 Å². The fourth-order valence-electron chi connectivity index (χ4n) is 3.62. The second-order valence-corrected chi connectivity index (χ2v) is 6.80. The Kier molecular flexibility index (Phi) is 3.81. The molecule has 1 aliphatic heterocycles. The third kappa shape index (κ3) is 2.83. The first-order valence-electron chi connectivity index (χ1n) is 6.98. The number of aliphatic hydroxyl groups is 1. The second-order valence-electron chi connectivity index (χ2n) is 6.80. The van der Waals surface area contributed by atoms with Crippen molar-refractivity contribution in [2.75, 3.05) is 27.2 Å². The van der Waals surface area contributed by atoms with E-state index in [4.69, 9.17) is 0 Å². The van der Waals surface area contributed by atoms with Crippen LogP contribution in [0.15, 0.2) is 0 Å². The van der Waals surface area contributed by atoms with E-state index in [0.29, 0.717) is 17.5 Å². The van der Waals surface area contributed by atoms with Crippen LogP contribution in [0.25, 0.3) is 0 Å². The van der Waals surface area contributed by atoms with E-state index < -0.39 is 0 Å². The largest absolute Gasteiger partial charge is 0.393 e. The molecule has 0 aromatic rings. The Bertz CT molecular complexity index is 267. The van der Waals surface area contributed by atoms with Gasteiger partial charge >= 0.3 is 0 Å². The van der Waals surface area contributed by atoms with E-state index in [0.717, 1.165) is 19.3 Å². The van der Waals surface area contributed by atoms with Crippen LogP contribution in [0.2, 0.25) is 0 Å². The third-order valence-corrected chi connectivity index (χ3v) is 4.95. The van der Waals surface area contributed by atoms with Crippen molar-refractivity contribution in [1.82, 2.24) is 9.80 Å². The van der Waals surface area contributed by atoms with Gasteiger partial charge in [0.2, 0.25) is 0 Å². The molecule has 1 saturated heterocycles. The van der Waals surface area contributed by atoms with Crippen LogP contribution in [0.4, 0.5) is 0 Å². The maximum absolute atomic E-state index is 9.92. The number of hydrogen-bond donors (Lipinski definition) is 1. The first-order chi connectivity index (χ1) is 7.90. The van der Waals surface area contributed by atoms with Gasteiger partial charge in [-0.25, -0.2) is 0 Å². The summed E-state index contributed by atoms with van der Waals surface area (Å²) in [5.74, 6) is 0. The van der Waals surface area contributed by atoms with Gasteiger partial charge in [0.05, 0.1) is 6.10 Å². The van der Waals surface area contributed by atoms with Crippen molar-refractivity contribution in [3.05, 3.63) is 0 Å². The van der Waals surface area contributed by atoms with Crippen LogP contribution in [-0.4, -0.2) is 60.3 Å². The van der Waals surface area contributed by atoms with Crippen LogP contribution in [-0.2, 0) is 0 Å².